The Kier molecular flexibility index (Phi) is 7.29. The van der Waals surface area contributed by atoms with Gasteiger partial charge in [-0.05, 0) is 44.5 Å². The van der Waals surface area contributed by atoms with Gasteiger partial charge in [0, 0.05) is 44.5 Å². The van der Waals surface area contributed by atoms with Crippen LogP contribution in [0.4, 0.5) is 10.1 Å². The number of methoxy groups -OCH3 is 1. The second kappa shape index (κ2) is 9.95. The molecule has 1 aromatic heterocycles. The number of H-pyrrole nitrogens is 1. The van der Waals surface area contributed by atoms with E-state index in [1.165, 1.54) is 20.1 Å². The van der Waals surface area contributed by atoms with E-state index in [9.17, 15) is 18.8 Å². The Labute approximate surface area is 186 Å². The van der Waals surface area contributed by atoms with Crippen molar-refractivity contribution in [3.8, 4) is 0 Å². The van der Waals surface area contributed by atoms with Gasteiger partial charge in [-0.1, -0.05) is 0 Å². The molecule has 2 aromatic rings. The number of hydrogen-bond donors (Lipinski definition) is 1. The predicted octanol–water partition coefficient (Wildman–Crippen LogP) is 2.74. The lowest BCUT2D eigenvalue weighted by atomic mass is 10.1. The van der Waals surface area contributed by atoms with E-state index in [0.717, 1.165) is 0 Å². The molecule has 0 radical (unpaired) electrons. The maximum atomic E-state index is 14.5. The van der Waals surface area contributed by atoms with Gasteiger partial charge in [0.15, 0.2) is 5.78 Å². The molecule has 0 bridgehead atoms. The molecule has 0 atom stereocenters. The van der Waals surface area contributed by atoms with Gasteiger partial charge in [0.2, 0.25) is 0 Å². The van der Waals surface area contributed by atoms with Crippen LogP contribution in [0.3, 0.4) is 0 Å². The molecule has 1 fully saturated rings. The fraction of sp³-hybridized carbons (Fsp3) is 0.435. The lowest BCUT2D eigenvalue weighted by Crippen LogP contribution is -2.49. The highest BCUT2D eigenvalue weighted by Gasteiger charge is 2.29. The number of nitrogens with zero attached hydrogens (tertiary/aromatic N) is 2. The fourth-order valence-electron chi connectivity index (χ4n) is 3.85. The summed E-state index contributed by atoms with van der Waals surface area (Å²) in [4.78, 5) is 43.5. The number of carbonyl (C=O) groups excluding carboxylic acids is 3. The van der Waals surface area contributed by atoms with Crippen molar-refractivity contribution in [2.45, 2.75) is 20.8 Å². The first-order valence-electron chi connectivity index (χ1n) is 10.4. The molecule has 0 unspecified atom stereocenters. The Morgan fingerprint density at radius 1 is 1.09 bits per heavy atom. The number of ketones is 1. The smallest absolute Gasteiger partial charge is 0.340 e. The van der Waals surface area contributed by atoms with Crippen LogP contribution >= 0.6 is 0 Å². The number of halogens is 1. The van der Waals surface area contributed by atoms with Crippen LogP contribution in [-0.4, -0.2) is 74.0 Å². The molecule has 0 saturated carbocycles. The lowest BCUT2D eigenvalue weighted by molar-refractivity contribution is 0.0386. The van der Waals surface area contributed by atoms with E-state index in [2.05, 4.69) is 4.98 Å². The number of piperazine rings is 1. The van der Waals surface area contributed by atoms with Gasteiger partial charge in [-0.25, -0.2) is 9.18 Å². The number of nitrogens with one attached hydrogen (secondary N) is 1. The first kappa shape index (κ1) is 23.5. The van der Waals surface area contributed by atoms with Crippen LogP contribution in [0.5, 0.6) is 0 Å². The monoisotopic (exact) mass is 445 g/mol. The van der Waals surface area contributed by atoms with E-state index in [1.54, 1.807) is 30.9 Å². The average Bonchev–Trinajstić information content (AvgIpc) is 3.07. The number of esters is 1. The highest BCUT2D eigenvalue weighted by atomic mass is 19.1. The standard InChI is InChI=1S/C23H28FN3O5/c1-14-20(23(30)32-12-11-31-4)15(2)25-21(14)22(29)27-9-7-26(8-10-27)19-6-5-17(16(3)28)13-18(19)24/h5-6,13,25H,7-12H2,1-4H3. The summed E-state index contributed by atoms with van der Waals surface area (Å²) >= 11 is 0. The van der Waals surface area contributed by atoms with Crippen molar-refractivity contribution in [1.82, 2.24) is 9.88 Å². The van der Waals surface area contributed by atoms with E-state index in [4.69, 9.17) is 9.47 Å². The van der Waals surface area contributed by atoms with Crippen molar-refractivity contribution in [3.05, 3.63) is 52.1 Å². The summed E-state index contributed by atoms with van der Waals surface area (Å²) in [5, 5.41) is 0. The van der Waals surface area contributed by atoms with Crippen LogP contribution in [0, 0.1) is 19.7 Å². The molecule has 1 amide bonds. The number of amides is 1. The largest absolute Gasteiger partial charge is 0.460 e. The summed E-state index contributed by atoms with van der Waals surface area (Å²) in [5.41, 5.74) is 2.56. The number of benzene rings is 1. The molecule has 2 heterocycles. The molecule has 32 heavy (non-hydrogen) atoms. The fourth-order valence-corrected chi connectivity index (χ4v) is 3.85. The molecule has 0 spiro atoms. The van der Waals surface area contributed by atoms with Gasteiger partial charge in [-0.2, -0.15) is 0 Å². The molecule has 3 rings (SSSR count). The maximum Gasteiger partial charge on any atom is 0.340 e. The second-order valence-electron chi connectivity index (χ2n) is 7.76. The number of anilines is 1. The molecule has 8 nitrogen and oxygen atoms in total. The normalized spacial score (nSPS) is 13.9. The third kappa shape index (κ3) is 4.83. The number of hydrogen-bond acceptors (Lipinski definition) is 6. The zero-order valence-electron chi connectivity index (χ0n) is 18.8. The Hall–Kier alpha value is -3.20. The number of carbonyl (C=O) groups is 3. The van der Waals surface area contributed by atoms with Gasteiger partial charge in [-0.15, -0.1) is 0 Å². The summed E-state index contributed by atoms with van der Waals surface area (Å²) in [5.74, 6) is -1.36. The highest BCUT2D eigenvalue weighted by Crippen LogP contribution is 2.24. The SMILES string of the molecule is COCCOC(=O)c1c(C)[nH]c(C(=O)N2CCN(c3ccc(C(C)=O)cc3F)CC2)c1C. The highest BCUT2D eigenvalue weighted by molar-refractivity contribution is 6.00. The molecule has 1 aliphatic rings. The average molecular weight is 445 g/mol. The van der Waals surface area contributed by atoms with Gasteiger partial charge in [0.25, 0.3) is 5.91 Å². The van der Waals surface area contributed by atoms with Crippen LogP contribution in [0.2, 0.25) is 0 Å². The van der Waals surface area contributed by atoms with Gasteiger partial charge in [0.1, 0.15) is 18.1 Å². The van der Waals surface area contributed by atoms with E-state index < -0.39 is 11.8 Å². The number of Topliss-reactive ketones (excluding diaryl/α,β-unsaturated/α-hetero) is 1. The van der Waals surface area contributed by atoms with E-state index in [-0.39, 0.29) is 18.3 Å². The Balaban J connectivity index is 1.68. The van der Waals surface area contributed by atoms with Gasteiger partial charge >= 0.3 is 5.97 Å². The molecule has 1 N–H and O–H groups in total. The molecule has 1 aliphatic heterocycles. The lowest BCUT2D eigenvalue weighted by Gasteiger charge is -2.36. The van der Waals surface area contributed by atoms with E-state index >= 15 is 0 Å². The summed E-state index contributed by atoms with van der Waals surface area (Å²) < 4.78 is 24.6. The summed E-state index contributed by atoms with van der Waals surface area (Å²) in [6.07, 6.45) is 0. The number of aryl methyl sites for hydroxylation is 1. The molecule has 1 aromatic carbocycles. The summed E-state index contributed by atoms with van der Waals surface area (Å²) in [7, 11) is 1.52. The summed E-state index contributed by atoms with van der Waals surface area (Å²) in [6.45, 7) is 6.97. The minimum absolute atomic E-state index is 0.134. The Morgan fingerprint density at radius 2 is 1.78 bits per heavy atom. The first-order chi connectivity index (χ1) is 15.2. The molecule has 0 aliphatic carbocycles. The van der Waals surface area contributed by atoms with Gasteiger partial charge in [-0.3, -0.25) is 9.59 Å². The Bertz CT molecular complexity index is 1020. The number of aromatic nitrogens is 1. The van der Waals surface area contributed by atoms with Crippen LogP contribution in [-0.2, 0) is 9.47 Å². The van der Waals surface area contributed by atoms with Gasteiger partial charge < -0.3 is 24.3 Å². The van der Waals surface area contributed by atoms with Crippen molar-refractivity contribution < 1.29 is 28.2 Å². The molecule has 172 valence electrons. The maximum absolute atomic E-state index is 14.5. The number of rotatable bonds is 7. The van der Waals surface area contributed by atoms with Crippen molar-refractivity contribution in [1.29, 1.82) is 0 Å². The minimum atomic E-state index is -0.498. The number of aromatic amines is 1. The predicted molar refractivity (Wildman–Crippen MR) is 117 cm³/mol. The van der Waals surface area contributed by atoms with Gasteiger partial charge in [0.05, 0.1) is 17.9 Å². The quantitative estimate of drug-likeness (QED) is 0.400. The first-order valence-corrected chi connectivity index (χ1v) is 10.4. The zero-order valence-corrected chi connectivity index (χ0v) is 18.8. The third-order valence-corrected chi connectivity index (χ3v) is 5.64. The van der Waals surface area contributed by atoms with Crippen molar-refractivity contribution in [3.63, 3.8) is 0 Å². The second-order valence-corrected chi connectivity index (χ2v) is 7.76. The van der Waals surface area contributed by atoms with Crippen molar-refractivity contribution in [2.24, 2.45) is 0 Å². The summed E-state index contributed by atoms with van der Waals surface area (Å²) in [6, 6.07) is 4.45. The molecular formula is C23H28FN3O5. The van der Waals surface area contributed by atoms with Crippen LogP contribution in [0.15, 0.2) is 18.2 Å². The van der Waals surface area contributed by atoms with E-state index in [1.807, 2.05) is 4.90 Å². The van der Waals surface area contributed by atoms with Crippen LogP contribution in [0.25, 0.3) is 0 Å². The van der Waals surface area contributed by atoms with Crippen LogP contribution < -0.4 is 4.90 Å². The number of ether oxygens (including phenoxy) is 2. The Morgan fingerprint density at radius 3 is 2.38 bits per heavy atom. The molecule has 1 saturated heterocycles. The zero-order chi connectivity index (χ0) is 23.4. The van der Waals surface area contributed by atoms with Crippen molar-refractivity contribution in [2.75, 3.05) is 51.4 Å². The molecule has 9 heteroatoms. The molecular weight excluding hydrogens is 417 g/mol. The third-order valence-electron chi connectivity index (χ3n) is 5.64. The van der Waals surface area contributed by atoms with Crippen LogP contribution in [0.1, 0.15) is 49.4 Å². The topological polar surface area (TPSA) is 91.9 Å². The van der Waals surface area contributed by atoms with E-state index in [0.29, 0.717) is 66.6 Å². The van der Waals surface area contributed by atoms with Crippen molar-refractivity contribution >= 4 is 23.3 Å². The minimum Gasteiger partial charge on any atom is -0.460 e.